The number of benzene rings is 2. The van der Waals surface area contributed by atoms with Crippen LogP contribution in [0.1, 0.15) is 6.92 Å². The highest BCUT2D eigenvalue weighted by Gasteiger charge is 2.27. The number of ether oxygens (including phenoxy) is 2. The molecule has 0 amide bonds. The number of nitrogens with zero attached hydrogens (tertiary/aromatic N) is 5. The van der Waals surface area contributed by atoms with Gasteiger partial charge in [0.1, 0.15) is 23.0 Å². The van der Waals surface area contributed by atoms with Gasteiger partial charge in [-0.1, -0.05) is 6.07 Å². The van der Waals surface area contributed by atoms with Gasteiger partial charge < -0.3 is 23.8 Å². The Morgan fingerprint density at radius 1 is 1.06 bits per heavy atom. The van der Waals surface area contributed by atoms with E-state index in [9.17, 15) is 14.9 Å². The SMILES string of the molecule is CCOc1cc(OC)cc2c1c(=O)c1cc([N+](=O)[O-])c(N3CCN(c4ccccn4)CC3)cc1n2C. The second-order valence-corrected chi connectivity index (χ2v) is 8.62. The van der Waals surface area contributed by atoms with Crippen LogP contribution in [0.2, 0.25) is 0 Å². The summed E-state index contributed by atoms with van der Waals surface area (Å²) in [4.78, 5) is 33.9. The average Bonchev–Trinajstić information content (AvgIpc) is 2.91. The van der Waals surface area contributed by atoms with E-state index in [2.05, 4.69) is 9.88 Å². The second kappa shape index (κ2) is 9.37. The summed E-state index contributed by atoms with van der Waals surface area (Å²) in [5.41, 5.74) is 1.34. The summed E-state index contributed by atoms with van der Waals surface area (Å²) in [5, 5.41) is 12.8. The van der Waals surface area contributed by atoms with Crippen molar-refractivity contribution in [1.82, 2.24) is 9.55 Å². The first-order valence-corrected chi connectivity index (χ1v) is 11.8. The zero-order chi connectivity index (χ0) is 25.4. The van der Waals surface area contributed by atoms with Gasteiger partial charge in [0.15, 0.2) is 0 Å². The molecule has 0 saturated carbocycles. The largest absolute Gasteiger partial charge is 0.497 e. The van der Waals surface area contributed by atoms with E-state index in [1.54, 1.807) is 31.5 Å². The molecule has 5 rings (SSSR count). The van der Waals surface area contributed by atoms with E-state index in [4.69, 9.17) is 9.47 Å². The van der Waals surface area contributed by atoms with Crippen LogP contribution in [0.25, 0.3) is 21.8 Å². The van der Waals surface area contributed by atoms with Crippen molar-refractivity contribution in [2.75, 3.05) is 49.7 Å². The van der Waals surface area contributed by atoms with E-state index in [0.29, 0.717) is 66.4 Å². The van der Waals surface area contributed by atoms with Gasteiger partial charge in [-0.25, -0.2) is 4.98 Å². The molecule has 10 nitrogen and oxygen atoms in total. The normalized spacial score (nSPS) is 13.9. The minimum Gasteiger partial charge on any atom is -0.497 e. The van der Waals surface area contributed by atoms with Crippen LogP contribution in [0.4, 0.5) is 17.2 Å². The maximum absolute atomic E-state index is 13.6. The van der Waals surface area contributed by atoms with Crippen LogP contribution in [0, 0.1) is 10.1 Å². The highest BCUT2D eigenvalue weighted by Crippen LogP contribution is 2.36. The van der Waals surface area contributed by atoms with Gasteiger partial charge in [-0.2, -0.15) is 0 Å². The van der Waals surface area contributed by atoms with Crippen molar-refractivity contribution >= 4 is 39.0 Å². The minimum atomic E-state index is -0.416. The van der Waals surface area contributed by atoms with Crippen molar-refractivity contribution in [1.29, 1.82) is 0 Å². The molecular formula is C26H27N5O5. The Balaban J connectivity index is 1.64. The summed E-state index contributed by atoms with van der Waals surface area (Å²) in [6, 6.07) is 12.4. The summed E-state index contributed by atoms with van der Waals surface area (Å²) < 4.78 is 13.0. The topological polar surface area (TPSA) is 103 Å². The van der Waals surface area contributed by atoms with Crippen LogP contribution >= 0.6 is 0 Å². The number of aromatic nitrogens is 2. The first-order chi connectivity index (χ1) is 17.4. The van der Waals surface area contributed by atoms with Crippen molar-refractivity contribution in [3.8, 4) is 11.5 Å². The molecule has 3 heterocycles. The summed E-state index contributed by atoms with van der Waals surface area (Å²) in [6.45, 7) is 4.74. The summed E-state index contributed by atoms with van der Waals surface area (Å²) in [7, 11) is 3.40. The highest BCUT2D eigenvalue weighted by molar-refractivity contribution is 5.99. The van der Waals surface area contributed by atoms with Crippen LogP contribution in [0.15, 0.2) is 53.5 Å². The fourth-order valence-corrected chi connectivity index (χ4v) is 4.86. The fraction of sp³-hybridized carbons (Fsp3) is 0.308. The molecule has 0 aliphatic carbocycles. The molecule has 0 radical (unpaired) electrons. The first-order valence-electron chi connectivity index (χ1n) is 11.8. The molecule has 1 saturated heterocycles. The summed E-state index contributed by atoms with van der Waals surface area (Å²) >= 11 is 0. The number of pyridine rings is 2. The lowest BCUT2D eigenvalue weighted by Crippen LogP contribution is -2.47. The second-order valence-electron chi connectivity index (χ2n) is 8.62. The minimum absolute atomic E-state index is 0.0864. The molecule has 1 aliphatic heterocycles. The molecule has 186 valence electrons. The zero-order valence-corrected chi connectivity index (χ0v) is 20.4. The molecule has 36 heavy (non-hydrogen) atoms. The molecule has 4 aromatic rings. The third-order valence-electron chi connectivity index (χ3n) is 6.67. The summed E-state index contributed by atoms with van der Waals surface area (Å²) in [6.07, 6.45) is 1.76. The molecule has 1 fully saturated rings. The predicted octanol–water partition coefficient (Wildman–Crippen LogP) is 3.73. The molecule has 0 unspecified atom stereocenters. The highest BCUT2D eigenvalue weighted by atomic mass is 16.6. The lowest BCUT2D eigenvalue weighted by Gasteiger charge is -2.36. The quantitative estimate of drug-likeness (QED) is 0.229. The molecule has 0 spiro atoms. The number of nitro groups is 1. The van der Waals surface area contributed by atoms with Gasteiger partial charge in [0.2, 0.25) is 5.43 Å². The van der Waals surface area contributed by atoms with Crippen molar-refractivity contribution in [2.45, 2.75) is 6.92 Å². The number of hydrogen-bond acceptors (Lipinski definition) is 8. The Hall–Kier alpha value is -4.34. The van der Waals surface area contributed by atoms with E-state index in [1.807, 2.05) is 41.6 Å². The number of fused-ring (bicyclic) bond motifs is 2. The molecule has 0 atom stereocenters. The molecule has 10 heteroatoms. The first kappa shape index (κ1) is 23.4. The maximum atomic E-state index is 13.6. The lowest BCUT2D eigenvalue weighted by molar-refractivity contribution is -0.384. The monoisotopic (exact) mass is 489 g/mol. The van der Waals surface area contributed by atoms with Gasteiger partial charge in [0.05, 0.1) is 40.4 Å². The van der Waals surface area contributed by atoms with Gasteiger partial charge >= 0.3 is 0 Å². The Kier molecular flexibility index (Phi) is 6.09. The molecule has 0 bridgehead atoms. The molecular weight excluding hydrogens is 462 g/mol. The van der Waals surface area contributed by atoms with E-state index >= 15 is 0 Å². The molecule has 2 aromatic carbocycles. The Bertz CT molecular complexity index is 1510. The lowest BCUT2D eigenvalue weighted by atomic mass is 10.1. The predicted molar refractivity (Wildman–Crippen MR) is 140 cm³/mol. The Morgan fingerprint density at radius 3 is 2.44 bits per heavy atom. The third kappa shape index (κ3) is 3.94. The number of piperazine rings is 1. The van der Waals surface area contributed by atoms with Gasteiger partial charge in [-0.3, -0.25) is 14.9 Å². The van der Waals surface area contributed by atoms with Crippen molar-refractivity contribution < 1.29 is 14.4 Å². The summed E-state index contributed by atoms with van der Waals surface area (Å²) in [5.74, 6) is 1.85. The standard InChI is InChI=1S/C26H27N5O5/c1-4-36-23-14-17(35-3)13-22-25(23)26(32)18-15-21(31(33)34)20(16-19(18)28(22)2)29-9-11-30(12-10-29)24-7-5-6-8-27-24/h5-8,13-16H,4,9-12H2,1-3H3. The Morgan fingerprint density at radius 2 is 1.81 bits per heavy atom. The van der Waals surface area contributed by atoms with Gasteiger partial charge in [0, 0.05) is 57.6 Å². The molecule has 2 aromatic heterocycles. The Labute approximate surface area is 207 Å². The number of anilines is 2. The van der Waals surface area contributed by atoms with E-state index in [0.717, 1.165) is 5.82 Å². The number of hydrogen-bond donors (Lipinski definition) is 0. The zero-order valence-electron chi connectivity index (χ0n) is 20.4. The van der Waals surface area contributed by atoms with Gasteiger partial charge in [-0.05, 0) is 25.1 Å². The van der Waals surface area contributed by atoms with Crippen LogP contribution in [-0.2, 0) is 7.05 Å². The van der Waals surface area contributed by atoms with Crippen LogP contribution in [0.3, 0.4) is 0 Å². The van der Waals surface area contributed by atoms with Gasteiger partial charge in [-0.15, -0.1) is 0 Å². The van der Waals surface area contributed by atoms with E-state index < -0.39 is 4.92 Å². The number of nitro benzene ring substituents is 1. The van der Waals surface area contributed by atoms with Crippen molar-refractivity contribution in [2.24, 2.45) is 7.05 Å². The van der Waals surface area contributed by atoms with Crippen molar-refractivity contribution in [3.63, 3.8) is 0 Å². The van der Waals surface area contributed by atoms with E-state index in [-0.39, 0.29) is 16.5 Å². The maximum Gasteiger partial charge on any atom is 0.293 e. The molecule has 0 N–H and O–H groups in total. The van der Waals surface area contributed by atoms with Crippen LogP contribution in [0.5, 0.6) is 11.5 Å². The smallest absolute Gasteiger partial charge is 0.293 e. The van der Waals surface area contributed by atoms with Crippen LogP contribution < -0.4 is 24.7 Å². The van der Waals surface area contributed by atoms with E-state index in [1.165, 1.54) is 6.07 Å². The number of aryl methyl sites for hydroxylation is 1. The van der Waals surface area contributed by atoms with Gasteiger partial charge in [0.25, 0.3) is 5.69 Å². The number of rotatable bonds is 6. The average molecular weight is 490 g/mol. The van der Waals surface area contributed by atoms with Crippen LogP contribution in [-0.4, -0.2) is 54.4 Å². The number of methoxy groups -OCH3 is 1. The third-order valence-corrected chi connectivity index (χ3v) is 6.67. The molecule has 1 aliphatic rings. The van der Waals surface area contributed by atoms with Crippen molar-refractivity contribution in [3.05, 3.63) is 69.0 Å². The fourth-order valence-electron chi connectivity index (χ4n) is 4.86.